The fourth-order valence-corrected chi connectivity index (χ4v) is 13.5. The van der Waals surface area contributed by atoms with E-state index in [4.69, 9.17) is 4.74 Å². The van der Waals surface area contributed by atoms with E-state index in [0.717, 1.165) is 37.8 Å². The minimum absolute atomic E-state index is 0.0928. The normalized spacial score (nSPS) is 42.5. The third-order valence-electron chi connectivity index (χ3n) is 16.3. The van der Waals surface area contributed by atoms with Gasteiger partial charge < -0.3 is 19.8 Å². The van der Waals surface area contributed by atoms with Crippen molar-refractivity contribution in [1.82, 2.24) is 4.90 Å². The molecule has 0 spiro atoms. The molecule has 0 aliphatic heterocycles. The summed E-state index contributed by atoms with van der Waals surface area (Å²) in [4.78, 5) is 27.0. The zero-order valence-corrected chi connectivity index (χ0v) is 31.6. The molecule has 0 unspecified atom stereocenters. The monoisotopic (exact) mass is 656 g/mol. The summed E-state index contributed by atoms with van der Waals surface area (Å²) < 4.78 is 6.18. The van der Waals surface area contributed by atoms with Gasteiger partial charge >= 0.3 is 11.9 Å². The van der Waals surface area contributed by atoms with Crippen molar-refractivity contribution in [2.75, 3.05) is 26.7 Å². The van der Waals surface area contributed by atoms with Crippen LogP contribution in [-0.4, -0.2) is 59.9 Å². The number of aliphatic hydroxyl groups is 1. The summed E-state index contributed by atoms with van der Waals surface area (Å²) in [5, 5.41) is 19.0. The number of aliphatic carboxylic acids is 1. The molecule has 6 nitrogen and oxygen atoms in total. The van der Waals surface area contributed by atoms with Crippen LogP contribution in [0.2, 0.25) is 0 Å². The molecule has 0 aromatic rings. The first-order valence-electron chi connectivity index (χ1n) is 19.2. The highest BCUT2D eigenvalue weighted by molar-refractivity contribution is 5.81. The summed E-state index contributed by atoms with van der Waals surface area (Å²) in [6.45, 7) is 24.8. The number of hydrogen-bond donors (Lipinski definition) is 2. The molecule has 10 atom stereocenters. The first kappa shape index (κ1) is 36.9. The summed E-state index contributed by atoms with van der Waals surface area (Å²) >= 11 is 0. The maximum Gasteiger partial charge on any atom is 0.309 e. The van der Waals surface area contributed by atoms with Gasteiger partial charge in [-0.2, -0.15) is 0 Å². The lowest BCUT2D eigenvalue weighted by Gasteiger charge is -2.73. The van der Waals surface area contributed by atoms with Gasteiger partial charge in [-0.3, -0.25) is 9.59 Å². The molecule has 0 amide bonds. The highest BCUT2D eigenvalue weighted by Gasteiger charge is 2.71. The first-order valence-corrected chi connectivity index (χ1v) is 19.2. The van der Waals surface area contributed by atoms with Gasteiger partial charge in [0.15, 0.2) is 0 Å². The molecule has 0 aromatic heterocycles. The van der Waals surface area contributed by atoms with E-state index in [1.54, 1.807) is 13.8 Å². The number of esters is 1. The number of carbonyl (C=O) groups is 2. The minimum Gasteiger partial charge on any atom is -0.481 e. The second-order valence-electron chi connectivity index (χ2n) is 19.4. The second kappa shape index (κ2) is 12.7. The lowest BCUT2D eigenvalue weighted by molar-refractivity contribution is -0.250. The van der Waals surface area contributed by atoms with Crippen molar-refractivity contribution in [3.05, 3.63) is 12.2 Å². The average molecular weight is 656 g/mol. The molecule has 268 valence electrons. The molecule has 0 heterocycles. The van der Waals surface area contributed by atoms with Crippen LogP contribution in [0.15, 0.2) is 12.2 Å². The van der Waals surface area contributed by atoms with Gasteiger partial charge in [0.1, 0.15) is 6.10 Å². The van der Waals surface area contributed by atoms with Crippen LogP contribution in [0.25, 0.3) is 0 Å². The van der Waals surface area contributed by atoms with Crippen LogP contribution in [0.4, 0.5) is 0 Å². The van der Waals surface area contributed by atoms with Crippen LogP contribution >= 0.6 is 0 Å². The molecule has 5 saturated carbocycles. The van der Waals surface area contributed by atoms with Gasteiger partial charge in [0.2, 0.25) is 0 Å². The minimum atomic E-state index is -1.12. The predicted molar refractivity (Wildman–Crippen MR) is 189 cm³/mol. The van der Waals surface area contributed by atoms with Crippen LogP contribution < -0.4 is 0 Å². The van der Waals surface area contributed by atoms with Gasteiger partial charge in [-0.15, -0.1) is 0 Å². The first-order chi connectivity index (χ1) is 21.8. The Morgan fingerprint density at radius 1 is 0.894 bits per heavy atom. The Hall–Kier alpha value is -1.40. The molecule has 5 fully saturated rings. The fraction of sp³-hybridized carbons (Fsp3) is 0.902. The number of fused-ring (bicyclic) bond motifs is 7. The van der Waals surface area contributed by atoms with Gasteiger partial charge in [-0.25, -0.2) is 0 Å². The van der Waals surface area contributed by atoms with E-state index in [2.05, 4.69) is 60.1 Å². The van der Waals surface area contributed by atoms with Crippen LogP contribution in [0.5, 0.6) is 0 Å². The summed E-state index contributed by atoms with van der Waals surface area (Å²) in [7, 11) is 2.15. The second-order valence-corrected chi connectivity index (χ2v) is 19.4. The Kier molecular flexibility index (Phi) is 9.99. The molecule has 5 aliphatic carbocycles. The molecule has 6 heteroatoms. The Balaban J connectivity index is 1.38. The van der Waals surface area contributed by atoms with Crippen LogP contribution in [-0.2, 0) is 14.3 Å². The molecular weight excluding hydrogens is 586 g/mol. The molecule has 0 aromatic carbocycles. The van der Waals surface area contributed by atoms with Crippen molar-refractivity contribution >= 4 is 11.9 Å². The topological polar surface area (TPSA) is 87.1 Å². The Morgan fingerprint density at radius 2 is 1.60 bits per heavy atom. The summed E-state index contributed by atoms with van der Waals surface area (Å²) in [6, 6.07) is 0. The summed E-state index contributed by atoms with van der Waals surface area (Å²) in [5.74, 6) is 1.89. The molecule has 5 rings (SSSR count). The molecule has 0 saturated heterocycles. The Morgan fingerprint density at radius 3 is 2.23 bits per heavy atom. The van der Waals surface area contributed by atoms with Crippen LogP contribution in [0.1, 0.15) is 139 Å². The van der Waals surface area contributed by atoms with Crippen molar-refractivity contribution < 1.29 is 24.5 Å². The lowest BCUT2D eigenvalue weighted by Crippen LogP contribution is -2.66. The smallest absolute Gasteiger partial charge is 0.309 e. The van der Waals surface area contributed by atoms with Gasteiger partial charge in [-0.05, 0) is 163 Å². The van der Waals surface area contributed by atoms with Crippen molar-refractivity contribution in [3.63, 3.8) is 0 Å². The largest absolute Gasteiger partial charge is 0.481 e. The zero-order valence-electron chi connectivity index (χ0n) is 31.6. The molecule has 0 bridgehead atoms. The Labute approximate surface area is 286 Å². The number of rotatable bonds is 11. The van der Waals surface area contributed by atoms with Crippen molar-refractivity contribution in [3.8, 4) is 0 Å². The number of nitrogens with zero attached hydrogens (tertiary/aromatic N) is 1. The lowest BCUT2D eigenvalue weighted by atomic mass is 9.32. The van der Waals surface area contributed by atoms with E-state index in [-0.39, 0.29) is 41.3 Å². The molecular formula is C41H69NO5. The third kappa shape index (κ3) is 5.95. The van der Waals surface area contributed by atoms with E-state index in [1.165, 1.54) is 69.8 Å². The number of carboxylic acids is 1. The standard InChI is InChI=1S/C41H69NO5/c1-27(2)28-14-20-41(17-11-23-42(10)24-25-43)22-21-39(8)29(34(28)41)12-13-31-38(7)18-16-32(47-33(44)26-36(3,4)35(45)46)37(5,6)30(38)15-19-40(31,39)9/h28-32,34,43H,1,11-26H2,2-10H3,(H,45,46)/t28-,29+,30-,31+,32-,34+,38-,39+,40+,41+/m0/s1. The van der Waals surface area contributed by atoms with Crippen LogP contribution in [0, 0.1) is 62.1 Å². The molecule has 5 aliphatic rings. The maximum absolute atomic E-state index is 13.1. The molecule has 0 radical (unpaired) electrons. The Bertz CT molecular complexity index is 1210. The van der Waals surface area contributed by atoms with Crippen molar-refractivity contribution in [2.24, 2.45) is 62.1 Å². The third-order valence-corrected chi connectivity index (χ3v) is 16.3. The van der Waals surface area contributed by atoms with Gasteiger partial charge in [0.25, 0.3) is 0 Å². The number of aliphatic hydroxyl groups excluding tert-OH is 1. The highest BCUT2D eigenvalue weighted by atomic mass is 16.5. The van der Waals surface area contributed by atoms with Crippen molar-refractivity contribution in [1.29, 1.82) is 0 Å². The highest BCUT2D eigenvalue weighted by Crippen LogP contribution is 2.78. The van der Waals surface area contributed by atoms with E-state index in [9.17, 15) is 19.8 Å². The number of carboxylic acid groups (broad SMARTS) is 1. The van der Waals surface area contributed by atoms with Crippen LogP contribution in [0.3, 0.4) is 0 Å². The van der Waals surface area contributed by atoms with Crippen molar-refractivity contribution in [2.45, 2.75) is 145 Å². The summed E-state index contributed by atoms with van der Waals surface area (Å²) in [6.07, 6.45) is 14.6. The van der Waals surface area contributed by atoms with E-state index in [0.29, 0.717) is 28.6 Å². The summed E-state index contributed by atoms with van der Waals surface area (Å²) in [5.41, 5.74) is 1.34. The maximum atomic E-state index is 13.1. The average Bonchev–Trinajstić information content (AvgIpc) is 3.35. The number of hydrogen-bond acceptors (Lipinski definition) is 5. The van der Waals surface area contributed by atoms with Gasteiger partial charge in [0, 0.05) is 12.0 Å². The van der Waals surface area contributed by atoms with E-state index in [1.807, 2.05) is 0 Å². The van der Waals surface area contributed by atoms with E-state index >= 15 is 0 Å². The SMILES string of the molecule is C=C(C)[C@@H]1CC[C@]2(CCCN(C)CCO)CC[C@]3(C)[C@H](CC[C@@H]4[C@@]5(C)CC[C@H](OC(=O)CC(C)(C)C(=O)O)C(C)(C)[C@@H]5CC[C@]43C)[C@@H]12. The quantitative estimate of drug-likeness (QED) is 0.171. The number of ether oxygens (including phenoxy) is 1. The zero-order chi connectivity index (χ0) is 34.8. The van der Waals surface area contributed by atoms with Gasteiger partial charge in [0.05, 0.1) is 18.4 Å². The number of allylic oxidation sites excluding steroid dienone is 1. The van der Waals surface area contributed by atoms with Gasteiger partial charge in [-0.1, -0.05) is 46.8 Å². The van der Waals surface area contributed by atoms with E-state index < -0.39 is 11.4 Å². The number of likely N-dealkylation sites (N-methyl/N-ethyl adjacent to an activating group) is 1. The predicted octanol–water partition coefficient (Wildman–Crippen LogP) is 8.76. The number of carbonyl (C=O) groups excluding carboxylic acids is 1. The fourth-order valence-electron chi connectivity index (χ4n) is 13.5. The molecule has 2 N–H and O–H groups in total. The molecule has 47 heavy (non-hydrogen) atoms.